The van der Waals surface area contributed by atoms with Crippen LogP contribution in [0.5, 0.6) is 11.5 Å². The topological polar surface area (TPSA) is 74.6 Å². The Morgan fingerprint density at radius 3 is 1.68 bits per heavy atom. The molecule has 0 amide bonds. The molecule has 0 aromatic heterocycles. The summed E-state index contributed by atoms with van der Waals surface area (Å²) < 4.78 is 0. The fourth-order valence-electron chi connectivity index (χ4n) is 2.67. The smallest absolute Gasteiger partial charge is 0.193 e. The van der Waals surface area contributed by atoms with E-state index in [0.29, 0.717) is 0 Å². The largest absolute Gasteiger partial charge is 0.507 e. The summed E-state index contributed by atoms with van der Waals surface area (Å²) >= 11 is 0. The second kappa shape index (κ2) is 8.64. The monoisotopic (exact) mass is 370 g/mol. The quantitative estimate of drug-likeness (QED) is 0.478. The Morgan fingerprint density at radius 1 is 0.643 bits per heavy atom. The maximum Gasteiger partial charge on any atom is 0.193 e. The summed E-state index contributed by atoms with van der Waals surface area (Å²) in [6, 6.07) is 20.9. The minimum Gasteiger partial charge on any atom is -0.507 e. The second-order valence-corrected chi connectivity index (χ2v) is 6.07. The molecule has 0 atom stereocenters. The van der Waals surface area contributed by atoms with E-state index in [9.17, 15) is 19.8 Å². The van der Waals surface area contributed by atoms with E-state index in [4.69, 9.17) is 0 Å². The van der Waals surface area contributed by atoms with Crippen LogP contribution >= 0.6 is 0 Å². The molecule has 3 rings (SSSR count). The fourth-order valence-corrected chi connectivity index (χ4v) is 2.67. The molecule has 3 aromatic carbocycles. The molecule has 138 valence electrons. The first-order valence-electron chi connectivity index (χ1n) is 8.66. The molecule has 0 saturated carbocycles. The van der Waals surface area contributed by atoms with Gasteiger partial charge in [-0.2, -0.15) is 0 Å². The average molecular weight is 370 g/mol. The molecule has 0 bridgehead atoms. The van der Waals surface area contributed by atoms with Gasteiger partial charge in [-0.15, -0.1) is 0 Å². The first-order valence-corrected chi connectivity index (χ1v) is 8.66. The Labute approximate surface area is 162 Å². The summed E-state index contributed by atoms with van der Waals surface area (Å²) in [6.07, 6.45) is 5.75. The molecule has 28 heavy (non-hydrogen) atoms. The summed E-state index contributed by atoms with van der Waals surface area (Å²) in [5.74, 6) is -1.99. The van der Waals surface area contributed by atoms with Gasteiger partial charge in [0.2, 0.25) is 0 Å². The van der Waals surface area contributed by atoms with Crippen molar-refractivity contribution in [1.82, 2.24) is 0 Å². The van der Waals surface area contributed by atoms with Gasteiger partial charge in [-0.05, 0) is 35.4 Å². The zero-order chi connectivity index (χ0) is 19.9. The van der Waals surface area contributed by atoms with Crippen LogP contribution in [0.3, 0.4) is 0 Å². The summed E-state index contributed by atoms with van der Waals surface area (Å²) in [5, 5.41) is 20.5. The van der Waals surface area contributed by atoms with Crippen LogP contribution in [0.1, 0.15) is 31.8 Å². The highest BCUT2D eigenvalue weighted by Crippen LogP contribution is 2.32. The number of phenols is 2. The highest BCUT2D eigenvalue weighted by Gasteiger charge is 2.20. The summed E-state index contributed by atoms with van der Waals surface area (Å²) in [7, 11) is 0. The Morgan fingerprint density at radius 2 is 1.14 bits per heavy atom. The maximum atomic E-state index is 12.5. The van der Waals surface area contributed by atoms with Gasteiger partial charge in [0.25, 0.3) is 0 Å². The van der Waals surface area contributed by atoms with Gasteiger partial charge >= 0.3 is 0 Å². The summed E-state index contributed by atoms with van der Waals surface area (Å²) in [4.78, 5) is 24.9. The van der Waals surface area contributed by atoms with Crippen LogP contribution in [0.15, 0.2) is 84.9 Å². The lowest BCUT2D eigenvalue weighted by Crippen LogP contribution is -2.02. The minimum absolute atomic E-state index is 0.0542. The summed E-state index contributed by atoms with van der Waals surface area (Å²) in [5.41, 5.74) is 1.27. The van der Waals surface area contributed by atoms with Crippen molar-refractivity contribution in [2.45, 2.75) is 0 Å². The predicted octanol–water partition coefficient (Wildman–Crippen LogP) is 4.89. The summed E-state index contributed by atoms with van der Waals surface area (Å²) in [6.45, 7) is 0. The van der Waals surface area contributed by atoms with Crippen molar-refractivity contribution in [1.29, 1.82) is 0 Å². The van der Waals surface area contributed by atoms with Crippen molar-refractivity contribution in [2.75, 3.05) is 0 Å². The lowest BCUT2D eigenvalue weighted by molar-refractivity contribution is 0.104. The number of carbonyl (C=O) groups excluding carboxylic acids is 2. The molecular weight excluding hydrogens is 352 g/mol. The lowest BCUT2D eigenvalue weighted by Gasteiger charge is -2.08. The van der Waals surface area contributed by atoms with Crippen molar-refractivity contribution in [2.24, 2.45) is 0 Å². The van der Waals surface area contributed by atoms with E-state index in [1.165, 1.54) is 24.3 Å². The van der Waals surface area contributed by atoms with Gasteiger partial charge in [-0.1, -0.05) is 72.8 Å². The Kier molecular flexibility index (Phi) is 5.82. The molecule has 0 saturated heterocycles. The molecule has 0 aliphatic heterocycles. The number of carbonyl (C=O) groups is 2. The molecule has 2 N–H and O–H groups in total. The third kappa shape index (κ3) is 4.43. The number of hydrogen-bond acceptors (Lipinski definition) is 4. The van der Waals surface area contributed by atoms with E-state index < -0.39 is 17.3 Å². The highest BCUT2D eigenvalue weighted by atomic mass is 16.3. The van der Waals surface area contributed by atoms with Crippen LogP contribution in [-0.2, 0) is 0 Å². The molecule has 4 nitrogen and oxygen atoms in total. The zero-order valence-corrected chi connectivity index (χ0v) is 14.9. The number of allylic oxidation sites excluding steroid dienone is 2. The van der Waals surface area contributed by atoms with Crippen LogP contribution in [0.2, 0.25) is 0 Å². The predicted molar refractivity (Wildman–Crippen MR) is 109 cm³/mol. The normalized spacial score (nSPS) is 11.1. The van der Waals surface area contributed by atoms with Gasteiger partial charge in [0.1, 0.15) is 17.1 Å². The number of benzene rings is 3. The van der Waals surface area contributed by atoms with E-state index in [2.05, 4.69) is 0 Å². The Balaban J connectivity index is 1.87. The highest BCUT2D eigenvalue weighted by molar-refractivity contribution is 6.15. The fraction of sp³-hybridized carbons (Fsp3) is 0. The van der Waals surface area contributed by atoms with Gasteiger partial charge in [-0.25, -0.2) is 0 Å². The Hall–Kier alpha value is -3.92. The molecule has 0 heterocycles. The van der Waals surface area contributed by atoms with Crippen molar-refractivity contribution < 1.29 is 19.8 Å². The number of aromatic hydroxyl groups is 2. The van der Waals surface area contributed by atoms with E-state index in [1.807, 2.05) is 60.7 Å². The molecule has 0 spiro atoms. The molecule has 0 fully saturated rings. The first kappa shape index (κ1) is 18.9. The van der Waals surface area contributed by atoms with Crippen LogP contribution in [0.4, 0.5) is 0 Å². The van der Waals surface area contributed by atoms with Crippen molar-refractivity contribution in [3.63, 3.8) is 0 Å². The molecule has 0 radical (unpaired) electrons. The zero-order valence-electron chi connectivity index (χ0n) is 14.9. The van der Waals surface area contributed by atoms with Crippen molar-refractivity contribution in [3.05, 3.63) is 107 Å². The lowest BCUT2D eigenvalue weighted by atomic mass is 10.00. The van der Waals surface area contributed by atoms with Crippen LogP contribution < -0.4 is 0 Å². The van der Waals surface area contributed by atoms with Gasteiger partial charge in [-0.3, -0.25) is 9.59 Å². The van der Waals surface area contributed by atoms with E-state index in [-0.39, 0.29) is 16.9 Å². The van der Waals surface area contributed by atoms with Gasteiger partial charge in [0, 0.05) is 0 Å². The van der Waals surface area contributed by atoms with Crippen LogP contribution in [-0.4, -0.2) is 21.8 Å². The van der Waals surface area contributed by atoms with Crippen LogP contribution in [0.25, 0.3) is 12.2 Å². The van der Waals surface area contributed by atoms with E-state index >= 15 is 0 Å². The molecule has 4 heteroatoms. The van der Waals surface area contributed by atoms with Crippen molar-refractivity contribution in [3.8, 4) is 11.5 Å². The molecule has 0 unspecified atom stereocenters. The van der Waals surface area contributed by atoms with E-state index in [1.54, 1.807) is 12.2 Å². The maximum absolute atomic E-state index is 12.5. The second-order valence-electron chi connectivity index (χ2n) is 6.07. The SMILES string of the molecule is O=C(/C=C/c1ccccc1)c1ccc(O)c(C(=O)/C=C/c2ccccc2)c1O. The third-order valence-corrected chi connectivity index (χ3v) is 4.12. The van der Waals surface area contributed by atoms with E-state index in [0.717, 1.165) is 11.1 Å². The molecule has 0 aliphatic rings. The molecule has 0 aliphatic carbocycles. The molecular formula is C24H18O4. The number of phenolic OH excluding ortho intramolecular Hbond substituents is 2. The molecule has 3 aromatic rings. The number of hydrogen-bond donors (Lipinski definition) is 2. The average Bonchev–Trinajstić information content (AvgIpc) is 2.72. The minimum atomic E-state index is -0.597. The number of ketones is 2. The number of rotatable bonds is 6. The van der Waals surface area contributed by atoms with Crippen LogP contribution in [0, 0.1) is 0 Å². The standard InChI is InChI=1S/C24H18O4/c25-20(14-11-17-7-3-1-4-8-17)19-13-16-22(27)23(24(19)28)21(26)15-12-18-9-5-2-6-10-18/h1-16,27-28H/b14-11+,15-12+. The van der Waals surface area contributed by atoms with Gasteiger partial charge in [0.15, 0.2) is 11.6 Å². The first-order chi connectivity index (χ1) is 13.6. The Bertz CT molecular complexity index is 1050. The van der Waals surface area contributed by atoms with Crippen molar-refractivity contribution >= 4 is 23.7 Å². The van der Waals surface area contributed by atoms with Gasteiger partial charge in [0.05, 0.1) is 5.56 Å². The van der Waals surface area contributed by atoms with Gasteiger partial charge < -0.3 is 10.2 Å². The third-order valence-electron chi connectivity index (χ3n) is 4.12.